The molecule has 68 valence electrons. The molecule has 12 heavy (non-hydrogen) atoms. The first-order chi connectivity index (χ1) is 5.00. The van der Waals surface area contributed by atoms with Crippen molar-refractivity contribution in [2.45, 2.75) is 26.2 Å². The molecule has 1 rings (SSSR count). The fraction of sp³-hybridized carbons (Fsp3) is 0.400. The molecule has 0 saturated carbocycles. The van der Waals surface area contributed by atoms with Crippen molar-refractivity contribution in [3.63, 3.8) is 0 Å². The van der Waals surface area contributed by atoms with Crippen molar-refractivity contribution in [2.24, 2.45) is 0 Å². The third-order valence-electron chi connectivity index (χ3n) is 1.70. The lowest BCUT2D eigenvalue weighted by Crippen LogP contribution is -3.00. The average Bonchev–Trinajstić information content (AvgIpc) is 1.86. The first kappa shape index (κ1) is 11.3. The second-order valence-corrected chi connectivity index (χ2v) is 3.78. The van der Waals surface area contributed by atoms with Crippen LogP contribution in [-0.4, -0.2) is 0 Å². The van der Waals surface area contributed by atoms with E-state index in [4.69, 9.17) is 0 Å². The Hall–Kier alpha value is -0.690. The molecule has 0 spiro atoms. The first-order valence-corrected chi connectivity index (χ1v) is 3.78. The van der Waals surface area contributed by atoms with Gasteiger partial charge < -0.3 is 17.5 Å². The summed E-state index contributed by atoms with van der Waals surface area (Å²) in [5, 5.41) is 10.9. The second-order valence-electron chi connectivity index (χ2n) is 3.78. The molecule has 1 nitrogen and oxygen atoms in total. The molecule has 0 heterocycles. The molecule has 0 aliphatic heterocycles. The summed E-state index contributed by atoms with van der Waals surface area (Å²) >= 11 is 0. The molecule has 0 unspecified atom stereocenters. The molecule has 0 saturated heterocycles. The van der Waals surface area contributed by atoms with Gasteiger partial charge in [-0.15, -0.1) is 5.75 Å². The molecule has 0 amide bonds. The van der Waals surface area contributed by atoms with E-state index < -0.39 is 0 Å². The molecule has 0 atom stereocenters. The van der Waals surface area contributed by atoms with E-state index >= 15 is 0 Å². The van der Waals surface area contributed by atoms with Gasteiger partial charge in [-0.1, -0.05) is 45.0 Å². The van der Waals surface area contributed by atoms with Crippen molar-refractivity contribution >= 4 is 0 Å². The summed E-state index contributed by atoms with van der Waals surface area (Å²) < 4.78 is 0. The molecule has 0 N–H and O–H groups in total. The highest BCUT2D eigenvalue weighted by molar-refractivity contribution is 5.30. The van der Waals surface area contributed by atoms with Crippen molar-refractivity contribution < 1.29 is 17.5 Å². The number of benzene rings is 1. The summed E-state index contributed by atoms with van der Waals surface area (Å²) in [7, 11) is 0. The number of hydrogen-bond acceptors (Lipinski definition) is 1. The van der Waals surface area contributed by atoms with Crippen molar-refractivity contribution in [1.29, 1.82) is 0 Å². The van der Waals surface area contributed by atoms with Gasteiger partial charge in [0.2, 0.25) is 0 Å². The minimum absolute atomic E-state index is 0. The molecular formula is C10H13ClO-2. The first-order valence-electron chi connectivity index (χ1n) is 3.78. The maximum Gasteiger partial charge on any atom is -0.0132 e. The van der Waals surface area contributed by atoms with Gasteiger partial charge in [0.05, 0.1) is 0 Å². The Morgan fingerprint density at radius 1 is 1.17 bits per heavy atom. The monoisotopic (exact) mass is 184 g/mol. The van der Waals surface area contributed by atoms with Crippen LogP contribution in [0.4, 0.5) is 0 Å². The maximum atomic E-state index is 10.9. The van der Waals surface area contributed by atoms with Crippen LogP contribution in [0.5, 0.6) is 5.75 Å². The van der Waals surface area contributed by atoms with Crippen LogP contribution in [0.15, 0.2) is 24.3 Å². The summed E-state index contributed by atoms with van der Waals surface area (Å²) in [6, 6.07) is 7.07. The van der Waals surface area contributed by atoms with Crippen molar-refractivity contribution in [2.75, 3.05) is 0 Å². The minimum Gasteiger partial charge on any atom is -1.00 e. The fourth-order valence-corrected chi connectivity index (χ4v) is 0.963. The van der Waals surface area contributed by atoms with E-state index in [1.165, 1.54) is 0 Å². The topological polar surface area (TPSA) is 23.1 Å². The van der Waals surface area contributed by atoms with Crippen LogP contribution in [0.25, 0.3) is 0 Å². The summed E-state index contributed by atoms with van der Waals surface area (Å²) in [6.07, 6.45) is 0. The third-order valence-corrected chi connectivity index (χ3v) is 1.70. The highest BCUT2D eigenvalue weighted by atomic mass is 35.5. The van der Waals surface area contributed by atoms with E-state index in [0.717, 1.165) is 5.56 Å². The number of halogens is 1. The largest absolute Gasteiger partial charge is 1.00 e. The smallest absolute Gasteiger partial charge is 0.0132 e. The van der Waals surface area contributed by atoms with Gasteiger partial charge in [0.15, 0.2) is 0 Å². The van der Waals surface area contributed by atoms with Crippen LogP contribution < -0.4 is 17.5 Å². The summed E-state index contributed by atoms with van der Waals surface area (Å²) in [6.45, 7) is 6.30. The van der Waals surface area contributed by atoms with Crippen LogP contribution in [0.2, 0.25) is 0 Å². The standard InChI is InChI=1S/C10H14O.ClH/c1-10(2,3)8-5-4-6-9(11)7-8;/h4-7,11H,1-3H3;1H/p-2. The molecule has 0 fully saturated rings. The van der Waals surface area contributed by atoms with E-state index in [9.17, 15) is 5.11 Å². The zero-order chi connectivity index (χ0) is 8.48. The van der Waals surface area contributed by atoms with Gasteiger partial charge in [0.1, 0.15) is 0 Å². The highest BCUT2D eigenvalue weighted by Crippen LogP contribution is 2.23. The van der Waals surface area contributed by atoms with E-state index in [-0.39, 0.29) is 23.6 Å². The van der Waals surface area contributed by atoms with Crippen molar-refractivity contribution in [1.82, 2.24) is 0 Å². The molecule has 2 heteroatoms. The Bertz CT molecular complexity index is 250. The van der Waals surface area contributed by atoms with E-state index in [2.05, 4.69) is 20.8 Å². The number of rotatable bonds is 0. The Morgan fingerprint density at radius 2 is 1.75 bits per heavy atom. The minimum atomic E-state index is 0. The lowest BCUT2D eigenvalue weighted by molar-refractivity contribution is -0.268. The van der Waals surface area contributed by atoms with Gasteiger partial charge in [-0.05, 0) is 11.0 Å². The Kier molecular flexibility index (Phi) is 3.59. The molecule has 0 radical (unpaired) electrons. The highest BCUT2D eigenvalue weighted by Gasteiger charge is 2.11. The van der Waals surface area contributed by atoms with Crippen LogP contribution in [0.3, 0.4) is 0 Å². The van der Waals surface area contributed by atoms with Gasteiger partial charge in [0, 0.05) is 0 Å². The van der Waals surface area contributed by atoms with E-state index in [1.807, 2.05) is 12.1 Å². The normalized spacial score (nSPS) is 10.6. The predicted octanol–water partition coefficient (Wildman–Crippen LogP) is -0.938. The van der Waals surface area contributed by atoms with Gasteiger partial charge in [-0.2, -0.15) is 0 Å². The third kappa shape index (κ3) is 2.74. The SMILES string of the molecule is CC(C)(C)c1cccc([O-])c1.[Cl-]. The van der Waals surface area contributed by atoms with Crippen LogP contribution in [0, 0.1) is 0 Å². The van der Waals surface area contributed by atoms with Gasteiger partial charge in [-0.3, -0.25) is 0 Å². The molecule has 1 aromatic rings. The zero-order valence-corrected chi connectivity index (χ0v) is 8.35. The lowest BCUT2D eigenvalue weighted by Gasteiger charge is -2.20. The molecule has 0 aromatic heterocycles. The molecule has 0 bridgehead atoms. The fourth-order valence-electron chi connectivity index (χ4n) is 0.963. The van der Waals surface area contributed by atoms with E-state index in [1.54, 1.807) is 12.1 Å². The van der Waals surface area contributed by atoms with Crippen LogP contribution in [0.1, 0.15) is 26.3 Å². The van der Waals surface area contributed by atoms with E-state index in [0.29, 0.717) is 0 Å². The van der Waals surface area contributed by atoms with Crippen molar-refractivity contribution in [3.8, 4) is 5.75 Å². The zero-order valence-electron chi connectivity index (χ0n) is 7.60. The van der Waals surface area contributed by atoms with Gasteiger partial charge in [-0.25, -0.2) is 0 Å². The Balaban J connectivity index is 0.00000121. The summed E-state index contributed by atoms with van der Waals surface area (Å²) in [5.74, 6) is 0.0948. The molecule has 0 aliphatic rings. The number of hydrogen-bond donors (Lipinski definition) is 0. The quantitative estimate of drug-likeness (QED) is 0.511. The average molecular weight is 185 g/mol. The second kappa shape index (κ2) is 3.81. The molecule has 0 aliphatic carbocycles. The predicted molar refractivity (Wildman–Crippen MR) is 44.6 cm³/mol. The van der Waals surface area contributed by atoms with Crippen LogP contribution >= 0.6 is 0 Å². The van der Waals surface area contributed by atoms with Crippen LogP contribution in [-0.2, 0) is 5.41 Å². The Labute approximate surface area is 79.8 Å². The summed E-state index contributed by atoms with van der Waals surface area (Å²) in [4.78, 5) is 0. The Morgan fingerprint density at radius 3 is 2.08 bits per heavy atom. The van der Waals surface area contributed by atoms with Gasteiger partial charge >= 0.3 is 0 Å². The van der Waals surface area contributed by atoms with Crippen molar-refractivity contribution in [3.05, 3.63) is 29.8 Å². The maximum absolute atomic E-state index is 10.9. The molecular weight excluding hydrogens is 172 g/mol. The summed E-state index contributed by atoms with van der Waals surface area (Å²) in [5.41, 5.74) is 1.19. The lowest BCUT2D eigenvalue weighted by atomic mass is 9.87. The van der Waals surface area contributed by atoms with Gasteiger partial charge in [0.25, 0.3) is 0 Å². The molecule has 1 aromatic carbocycles.